The molecule has 1 aromatic rings. The third kappa shape index (κ3) is 3.74. The van der Waals surface area contributed by atoms with Crippen LogP contribution in [0.5, 0.6) is 11.5 Å². The van der Waals surface area contributed by atoms with E-state index in [9.17, 15) is 0 Å². The van der Waals surface area contributed by atoms with Gasteiger partial charge in [0.2, 0.25) is 12.0 Å². The molecule has 0 amide bonds. The van der Waals surface area contributed by atoms with E-state index in [-0.39, 0.29) is 0 Å². The summed E-state index contributed by atoms with van der Waals surface area (Å²) in [6.07, 6.45) is 11.8. The minimum atomic E-state index is 0.311. The monoisotopic (exact) mass is 301 g/mol. The van der Waals surface area contributed by atoms with Crippen molar-refractivity contribution in [1.82, 2.24) is 10.4 Å². The standard InChI is InChI=1S/C17H21N2O3/c1-20-16-7-6-14(13-18-19-8-10-21-11-9-19)12-17(16)22-15-4-2-3-5-15/h6-12,15H,2-5,13H2,1H3/q+1. The molecule has 1 saturated carbocycles. The third-order valence-electron chi connectivity index (χ3n) is 3.82. The fourth-order valence-corrected chi connectivity index (χ4v) is 2.64. The SMILES string of the molecule is COc1ccc(C[N+]N2C=COC=C2)cc1OC1CCCC1. The van der Waals surface area contributed by atoms with Crippen LogP contribution in [0.1, 0.15) is 31.2 Å². The summed E-state index contributed by atoms with van der Waals surface area (Å²) >= 11 is 0. The summed E-state index contributed by atoms with van der Waals surface area (Å²) in [5, 5.41) is 1.73. The molecule has 1 aromatic carbocycles. The number of hydrogen-bond donors (Lipinski definition) is 0. The molecule has 5 nitrogen and oxygen atoms in total. The van der Waals surface area contributed by atoms with E-state index in [2.05, 4.69) is 5.43 Å². The van der Waals surface area contributed by atoms with Gasteiger partial charge in [-0.25, -0.2) is 0 Å². The van der Waals surface area contributed by atoms with E-state index in [0.717, 1.165) is 29.9 Å². The molecule has 1 aliphatic heterocycles. The van der Waals surface area contributed by atoms with Crippen LogP contribution in [0.2, 0.25) is 0 Å². The molecule has 1 heterocycles. The van der Waals surface area contributed by atoms with Crippen molar-refractivity contribution in [2.24, 2.45) is 0 Å². The maximum atomic E-state index is 6.10. The molecule has 5 heteroatoms. The van der Waals surface area contributed by atoms with Crippen LogP contribution in [0.3, 0.4) is 0 Å². The molecule has 0 N–H and O–H groups in total. The average molecular weight is 301 g/mol. The zero-order valence-electron chi connectivity index (χ0n) is 12.8. The molecule has 0 atom stereocenters. The molecular weight excluding hydrogens is 280 g/mol. The van der Waals surface area contributed by atoms with Crippen LogP contribution in [-0.2, 0) is 11.3 Å². The molecule has 1 fully saturated rings. The van der Waals surface area contributed by atoms with Gasteiger partial charge in [-0.1, -0.05) is 5.01 Å². The quantitative estimate of drug-likeness (QED) is 0.808. The lowest BCUT2D eigenvalue weighted by Gasteiger charge is -2.16. The summed E-state index contributed by atoms with van der Waals surface area (Å²) in [7, 11) is 1.67. The van der Waals surface area contributed by atoms with Crippen LogP contribution < -0.4 is 14.9 Å². The van der Waals surface area contributed by atoms with Gasteiger partial charge >= 0.3 is 0 Å². The number of ether oxygens (including phenoxy) is 3. The molecule has 1 aliphatic carbocycles. The molecule has 116 valence electrons. The van der Waals surface area contributed by atoms with Crippen molar-refractivity contribution in [2.75, 3.05) is 7.11 Å². The highest BCUT2D eigenvalue weighted by atomic mass is 16.5. The van der Waals surface area contributed by atoms with Crippen molar-refractivity contribution in [3.63, 3.8) is 0 Å². The smallest absolute Gasteiger partial charge is 0.245 e. The lowest BCUT2D eigenvalue weighted by Crippen LogP contribution is -2.22. The topological polar surface area (TPSA) is 45.0 Å². The number of rotatable bonds is 6. The van der Waals surface area contributed by atoms with Gasteiger partial charge in [-0.15, -0.1) is 0 Å². The van der Waals surface area contributed by atoms with Crippen LogP contribution in [-0.4, -0.2) is 18.2 Å². The van der Waals surface area contributed by atoms with Crippen LogP contribution in [0.4, 0.5) is 0 Å². The van der Waals surface area contributed by atoms with Crippen molar-refractivity contribution >= 4 is 0 Å². The zero-order valence-corrected chi connectivity index (χ0v) is 12.8. The number of hydrogen-bond acceptors (Lipinski definition) is 4. The summed E-state index contributed by atoms with van der Waals surface area (Å²) in [4.78, 5) is 0. The molecule has 0 saturated heterocycles. The second-order valence-electron chi connectivity index (χ2n) is 5.40. The molecule has 0 unspecified atom stereocenters. The highest BCUT2D eigenvalue weighted by Gasteiger charge is 2.20. The van der Waals surface area contributed by atoms with Gasteiger partial charge in [0, 0.05) is 5.56 Å². The summed E-state index contributed by atoms with van der Waals surface area (Å²) < 4.78 is 16.5. The first-order valence-corrected chi connectivity index (χ1v) is 7.63. The molecule has 0 spiro atoms. The number of benzene rings is 1. The van der Waals surface area contributed by atoms with Gasteiger partial charge < -0.3 is 14.2 Å². The van der Waals surface area contributed by atoms with Crippen molar-refractivity contribution in [2.45, 2.75) is 38.3 Å². The van der Waals surface area contributed by atoms with Crippen molar-refractivity contribution in [1.29, 1.82) is 0 Å². The third-order valence-corrected chi connectivity index (χ3v) is 3.82. The Balaban J connectivity index is 1.64. The van der Waals surface area contributed by atoms with Crippen LogP contribution in [0.15, 0.2) is 43.1 Å². The fraction of sp³-hybridized carbons (Fsp3) is 0.412. The Bertz CT molecular complexity index is 539. The molecule has 0 bridgehead atoms. The van der Waals surface area contributed by atoms with Crippen molar-refractivity contribution in [3.05, 3.63) is 48.7 Å². The molecular formula is C17H21N2O3+. The van der Waals surface area contributed by atoms with E-state index in [4.69, 9.17) is 14.2 Å². The Morgan fingerprint density at radius 1 is 1.18 bits per heavy atom. The molecule has 2 radical (unpaired) electrons. The first kappa shape index (κ1) is 14.8. The van der Waals surface area contributed by atoms with Gasteiger partial charge in [-0.3, -0.25) is 0 Å². The van der Waals surface area contributed by atoms with Gasteiger partial charge in [0.1, 0.15) is 24.9 Å². The van der Waals surface area contributed by atoms with E-state index >= 15 is 0 Å². The normalized spacial score (nSPS) is 17.6. The molecule has 22 heavy (non-hydrogen) atoms. The molecule has 2 aliphatic rings. The summed E-state index contributed by atoms with van der Waals surface area (Å²) in [6, 6.07) is 5.98. The summed E-state index contributed by atoms with van der Waals surface area (Å²) in [5.41, 5.74) is 5.55. The lowest BCUT2D eigenvalue weighted by atomic mass is 10.2. The Morgan fingerprint density at radius 3 is 2.68 bits per heavy atom. The van der Waals surface area contributed by atoms with E-state index in [0.29, 0.717) is 12.6 Å². The first-order chi connectivity index (χ1) is 10.8. The van der Waals surface area contributed by atoms with Gasteiger partial charge in [0.05, 0.1) is 13.2 Å². The van der Waals surface area contributed by atoms with Gasteiger partial charge in [0.15, 0.2) is 11.5 Å². The predicted molar refractivity (Wildman–Crippen MR) is 82.9 cm³/mol. The van der Waals surface area contributed by atoms with Gasteiger partial charge in [-0.05, 0) is 43.9 Å². The summed E-state index contributed by atoms with van der Waals surface area (Å²) in [5.74, 6) is 1.59. The Hall–Kier alpha value is -2.14. The lowest BCUT2D eigenvalue weighted by molar-refractivity contribution is 0.200. The average Bonchev–Trinajstić information content (AvgIpc) is 3.07. The van der Waals surface area contributed by atoms with E-state index < -0.39 is 0 Å². The summed E-state index contributed by atoms with van der Waals surface area (Å²) in [6.45, 7) is 0.569. The van der Waals surface area contributed by atoms with E-state index in [1.54, 1.807) is 37.0 Å². The first-order valence-electron chi connectivity index (χ1n) is 7.63. The maximum Gasteiger partial charge on any atom is 0.245 e. The maximum absolute atomic E-state index is 6.10. The minimum Gasteiger partial charge on any atom is -0.493 e. The Morgan fingerprint density at radius 2 is 1.95 bits per heavy atom. The Labute approximate surface area is 131 Å². The van der Waals surface area contributed by atoms with Crippen LogP contribution >= 0.6 is 0 Å². The highest BCUT2D eigenvalue weighted by molar-refractivity contribution is 5.43. The highest BCUT2D eigenvalue weighted by Crippen LogP contribution is 2.32. The van der Waals surface area contributed by atoms with Crippen LogP contribution in [0, 0.1) is 0 Å². The van der Waals surface area contributed by atoms with Gasteiger partial charge in [-0.2, -0.15) is 0 Å². The molecule has 3 rings (SSSR count). The number of nitrogens with zero attached hydrogens (tertiary/aromatic N) is 2. The van der Waals surface area contributed by atoms with Crippen molar-refractivity contribution < 1.29 is 14.2 Å². The zero-order chi connectivity index (χ0) is 15.2. The second-order valence-corrected chi connectivity index (χ2v) is 5.40. The van der Waals surface area contributed by atoms with Crippen LogP contribution in [0.25, 0.3) is 0 Å². The molecule has 0 aromatic heterocycles. The number of methoxy groups -OCH3 is 1. The second kappa shape index (κ2) is 7.22. The predicted octanol–water partition coefficient (Wildman–Crippen LogP) is 3.31. The Kier molecular flexibility index (Phi) is 4.85. The minimum absolute atomic E-state index is 0.311. The fourth-order valence-electron chi connectivity index (χ4n) is 2.64. The largest absolute Gasteiger partial charge is 0.493 e. The van der Waals surface area contributed by atoms with Crippen molar-refractivity contribution in [3.8, 4) is 11.5 Å². The van der Waals surface area contributed by atoms with Gasteiger partial charge in [0.25, 0.3) is 0 Å². The van der Waals surface area contributed by atoms with E-state index in [1.807, 2.05) is 18.2 Å². The van der Waals surface area contributed by atoms with E-state index in [1.165, 1.54) is 12.8 Å².